The van der Waals surface area contributed by atoms with E-state index in [-0.39, 0.29) is 10.6 Å². The van der Waals surface area contributed by atoms with Gasteiger partial charge in [0.1, 0.15) is 10.7 Å². The summed E-state index contributed by atoms with van der Waals surface area (Å²) in [5, 5.41) is -0.144. The van der Waals surface area contributed by atoms with Crippen molar-refractivity contribution >= 4 is 27.2 Å². The summed E-state index contributed by atoms with van der Waals surface area (Å²) in [6, 6.07) is 1.71. The second-order valence-corrected chi connectivity index (χ2v) is 5.49. The van der Waals surface area contributed by atoms with Crippen LogP contribution in [-0.4, -0.2) is 20.5 Å². The lowest BCUT2D eigenvalue weighted by molar-refractivity contribution is 0.104. The van der Waals surface area contributed by atoms with Gasteiger partial charge in [0.25, 0.3) is 0 Å². The number of benzene rings is 1. The fourth-order valence-corrected chi connectivity index (χ4v) is 2.10. The lowest BCUT2D eigenvalue weighted by atomic mass is 10.1. The van der Waals surface area contributed by atoms with Gasteiger partial charge in [-0.25, -0.2) is 12.8 Å². The molecule has 0 amide bonds. The SMILES string of the molecule is C=CC(=O)c1cc(S(C)(=O)=O)c(F)cc1Cl. The maximum atomic E-state index is 13.3. The van der Waals surface area contributed by atoms with Crippen molar-refractivity contribution in [3.63, 3.8) is 0 Å². The third-order valence-electron chi connectivity index (χ3n) is 1.87. The highest BCUT2D eigenvalue weighted by Crippen LogP contribution is 2.24. The van der Waals surface area contributed by atoms with E-state index in [4.69, 9.17) is 11.6 Å². The molecule has 1 aromatic carbocycles. The Morgan fingerprint density at radius 2 is 2.06 bits per heavy atom. The first kappa shape index (κ1) is 12.9. The van der Waals surface area contributed by atoms with Gasteiger partial charge in [0.15, 0.2) is 15.6 Å². The highest BCUT2D eigenvalue weighted by molar-refractivity contribution is 7.90. The molecule has 0 saturated heterocycles. The second-order valence-electron chi connectivity index (χ2n) is 3.10. The molecule has 3 nitrogen and oxygen atoms in total. The first-order valence-corrected chi connectivity index (χ1v) is 6.40. The van der Waals surface area contributed by atoms with Gasteiger partial charge in [-0.15, -0.1) is 0 Å². The van der Waals surface area contributed by atoms with Crippen LogP contribution in [-0.2, 0) is 9.84 Å². The Kier molecular flexibility index (Phi) is 3.50. The van der Waals surface area contributed by atoms with Gasteiger partial charge in [0.05, 0.1) is 5.02 Å². The van der Waals surface area contributed by atoms with Crippen LogP contribution >= 0.6 is 11.6 Å². The summed E-state index contributed by atoms with van der Waals surface area (Å²) < 4.78 is 35.7. The predicted octanol–water partition coefficient (Wildman–Crippen LogP) is 2.25. The molecular formula is C10H8ClFO3S. The average Bonchev–Trinajstić information content (AvgIpc) is 2.14. The van der Waals surface area contributed by atoms with Crippen LogP contribution in [0, 0.1) is 5.82 Å². The van der Waals surface area contributed by atoms with Crippen LogP contribution < -0.4 is 0 Å². The van der Waals surface area contributed by atoms with Crippen LogP contribution in [0.2, 0.25) is 5.02 Å². The number of rotatable bonds is 3. The largest absolute Gasteiger partial charge is 0.289 e. The lowest BCUT2D eigenvalue weighted by Crippen LogP contribution is -2.05. The van der Waals surface area contributed by atoms with E-state index in [9.17, 15) is 17.6 Å². The smallest absolute Gasteiger partial charge is 0.186 e. The molecule has 0 fully saturated rings. The van der Waals surface area contributed by atoms with Crippen LogP contribution in [0.25, 0.3) is 0 Å². The third kappa shape index (κ3) is 2.48. The first-order chi connectivity index (χ1) is 7.27. The van der Waals surface area contributed by atoms with E-state index < -0.39 is 26.3 Å². The van der Waals surface area contributed by atoms with Crippen molar-refractivity contribution in [2.45, 2.75) is 4.90 Å². The molecule has 0 atom stereocenters. The fraction of sp³-hybridized carbons (Fsp3) is 0.100. The van der Waals surface area contributed by atoms with E-state index in [0.717, 1.165) is 24.5 Å². The number of sulfone groups is 1. The number of hydrogen-bond acceptors (Lipinski definition) is 3. The van der Waals surface area contributed by atoms with Gasteiger partial charge in [-0.1, -0.05) is 18.2 Å². The molecule has 0 radical (unpaired) electrons. The second kappa shape index (κ2) is 4.35. The van der Waals surface area contributed by atoms with Crippen molar-refractivity contribution in [3.8, 4) is 0 Å². The Bertz CT molecular complexity index is 564. The summed E-state index contributed by atoms with van der Waals surface area (Å²) in [6.07, 6.45) is 1.83. The quantitative estimate of drug-likeness (QED) is 0.620. The van der Waals surface area contributed by atoms with Gasteiger partial charge in [-0.3, -0.25) is 4.79 Å². The summed E-state index contributed by atoms with van der Waals surface area (Å²) in [5.74, 6) is -1.54. The molecule has 6 heteroatoms. The van der Waals surface area contributed by atoms with E-state index >= 15 is 0 Å². The normalized spacial score (nSPS) is 11.2. The first-order valence-electron chi connectivity index (χ1n) is 4.13. The molecule has 0 unspecified atom stereocenters. The van der Waals surface area contributed by atoms with Gasteiger partial charge in [0.2, 0.25) is 0 Å². The number of allylic oxidation sites excluding steroid dienone is 1. The lowest BCUT2D eigenvalue weighted by Gasteiger charge is -2.05. The molecule has 0 spiro atoms. The molecule has 0 bridgehead atoms. The Morgan fingerprint density at radius 3 is 2.50 bits per heavy atom. The van der Waals surface area contributed by atoms with E-state index in [2.05, 4.69) is 6.58 Å². The molecule has 0 heterocycles. The van der Waals surface area contributed by atoms with Crippen molar-refractivity contribution in [1.82, 2.24) is 0 Å². The Morgan fingerprint density at radius 1 is 1.50 bits per heavy atom. The van der Waals surface area contributed by atoms with Crippen LogP contribution in [0.15, 0.2) is 29.7 Å². The maximum Gasteiger partial charge on any atom is 0.186 e. The molecule has 0 aliphatic heterocycles. The van der Waals surface area contributed by atoms with Gasteiger partial charge in [-0.2, -0.15) is 0 Å². The van der Waals surface area contributed by atoms with Gasteiger partial charge >= 0.3 is 0 Å². The number of carbonyl (C=O) groups excluding carboxylic acids is 1. The van der Waals surface area contributed by atoms with Gasteiger partial charge < -0.3 is 0 Å². The summed E-state index contributed by atoms with van der Waals surface area (Å²) in [6.45, 7) is 3.24. The molecule has 0 aliphatic rings. The molecule has 16 heavy (non-hydrogen) atoms. The monoisotopic (exact) mass is 262 g/mol. The zero-order valence-corrected chi connectivity index (χ0v) is 9.90. The van der Waals surface area contributed by atoms with E-state index in [0.29, 0.717) is 0 Å². The van der Waals surface area contributed by atoms with Crippen LogP contribution in [0.4, 0.5) is 4.39 Å². The molecule has 1 aromatic rings. The zero-order valence-electron chi connectivity index (χ0n) is 8.33. The Labute approximate surface area is 97.5 Å². The van der Waals surface area contributed by atoms with Crippen LogP contribution in [0.3, 0.4) is 0 Å². The minimum Gasteiger partial charge on any atom is -0.289 e. The topological polar surface area (TPSA) is 51.2 Å². The van der Waals surface area contributed by atoms with Crippen molar-refractivity contribution in [2.24, 2.45) is 0 Å². The third-order valence-corrected chi connectivity index (χ3v) is 3.30. The van der Waals surface area contributed by atoms with Crippen LogP contribution in [0.5, 0.6) is 0 Å². The van der Waals surface area contributed by atoms with E-state index in [1.807, 2.05) is 0 Å². The number of hydrogen-bond donors (Lipinski definition) is 0. The van der Waals surface area contributed by atoms with E-state index in [1.54, 1.807) is 0 Å². The van der Waals surface area contributed by atoms with Crippen molar-refractivity contribution in [3.05, 3.63) is 41.2 Å². The Hall–Kier alpha value is -1.20. The molecule has 0 aliphatic carbocycles. The summed E-state index contributed by atoms with van der Waals surface area (Å²) in [5.41, 5.74) is -0.0847. The maximum absolute atomic E-state index is 13.3. The molecule has 0 saturated carbocycles. The fourth-order valence-electron chi connectivity index (χ4n) is 1.11. The minimum atomic E-state index is -3.73. The molecule has 0 N–H and O–H groups in total. The standard InChI is InChI=1S/C10H8ClFO3S/c1-3-9(13)6-4-10(16(2,14)15)8(12)5-7(6)11/h3-5H,1H2,2H3. The van der Waals surface area contributed by atoms with E-state index in [1.165, 1.54) is 0 Å². The zero-order chi connectivity index (χ0) is 12.5. The number of halogens is 2. The molecule has 86 valence electrons. The number of ketones is 1. The molecule has 0 aromatic heterocycles. The minimum absolute atomic E-state index is 0.0847. The predicted molar refractivity (Wildman–Crippen MR) is 59.0 cm³/mol. The number of carbonyl (C=O) groups is 1. The van der Waals surface area contributed by atoms with Gasteiger partial charge in [0, 0.05) is 11.8 Å². The average molecular weight is 263 g/mol. The summed E-state index contributed by atoms with van der Waals surface area (Å²) in [7, 11) is -3.73. The molecular weight excluding hydrogens is 255 g/mol. The molecule has 1 rings (SSSR count). The highest BCUT2D eigenvalue weighted by atomic mass is 35.5. The summed E-state index contributed by atoms with van der Waals surface area (Å²) in [4.78, 5) is 10.8. The van der Waals surface area contributed by atoms with Crippen molar-refractivity contribution in [1.29, 1.82) is 0 Å². The summed E-state index contributed by atoms with van der Waals surface area (Å²) >= 11 is 5.62. The van der Waals surface area contributed by atoms with Gasteiger partial charge in [-0.05, 0) is 18.2 Å². The van der Waals surface area contributed by atoms with Crippen molar-refractivity contribution in [2.75, 3.05) is 6.26 Å². The van der Waals surface area contributed by atoms with Crippen LogP contribution in [0.1, 0.15) is 10.4 Å². The van der Waals surface area contributed by atoms with Crippen molar-refractivity contribution < 1.29 is 17.6 Å². The Balaban J connectivity index is 3.57. The highest BCUT2D eigenvalue weighted by Gasteiger charge is 2.18.